The molecule has 2 aromatic heterocycles. The van der Waals surface area contributed by atoms with Crippen LogP contribution in [0, 0.1) is 32.6 Å². The van der Waals surface area contributed by atoms with Crippen molar-refractivity contribution in [2.24, 2.45) is 27.0 Å². The first-order valence-corrected chi connectivity index (χ1v) is 25.7. The van der Waals surface area contributed by atoms with E-state index >= 15 is 0 Å². The van der Waals surface area contributed by atoms with Crippen molar-refractivity contribution in [3.63, 3.8) is 0 Å². The van der Waals surface area contributed by atoms with Crippen molar-refractivity contribution in [3.05, 3.63) is 80.3 Å². The summed E-state index contributed by atoms with van der Waals surface area (Å²) in [5, 5.41) is 26.4. The van der Waals surface area contributed by atoms with Crippen molar-refractivity contribution in [2.45, 2.75) is 160 Å². The Labute approximate surface area is 415 Å². The number of aromatic amines is 1. The molecule has 0 saturated carbocycles. The quantitative estimate of drug-likeness (QED) is 0.0121. The summed E-state index contributed by atoms with van der Waals surface area (Å²) in [5.74, 6) is 1.30. The first kappa shape index (κ1) is 59.3. The summed E-state index contributed by atoms with van der Waals surface area (Å²) in [6.07, 6.45) is 12.4. The van der Waals surface area contributed by atoms with Gasteiger partial charge in [-0.15, -0.1) is 11.3 Å². The zero-order chi connectivity index (χ0) is 51.3. The highest BCUT2D eigenvalue weighted by Crippen LogP contribution is 2.30. The summed E-state index contributed by atoms with van der Waals surface area (Å²) in [4.78, 5) is 70.7. The molecular formula is C54H80N8O6S. The van der Waals surface area contributed by atoms with Crippen LogP contribution in [-0.4, -0.2) is 81.8 Å². The highest BCUT2D eigenvalue weighted by Gasteiger charge is 2.25. The number of fused-ring (bicyclic) bond motifs is 1. The topological polar surface area (TPSA) is 207 Å². The van der Waals surface area contributed by atoms with Crippen LogP contribution in [0.3, 0.4) is 0 Å². The van der Waals surface area contributed by atoms with E-state index < -0.39 is 0 Å². The lowest BCUT2D eigenvalue weighted by atomic mass is 9.94. The summed E-state index contributed by atoms with van der Waals surface area (Å²) in [6.45, 7) is 24.2. The number of ketones is 1. The monoisotopic (exact) mass is 969 g/mol. The molecule has 1 aliphatic rings. The van der Waals surface area contributed by atoms with E-state index in [1.807, 2.05) is 58.9 Å². The molecule has 2 unspecified atom stereocenters. The predicted octanol–water partition coefficient (Wildman–Crippen LogP) is 10.9. The molecule has 378 valence electrons. The van der Waals surface area contributed by atoms with E-state index in [-0.39, 0.29) is 35.2 Å². The number of amides is 4. The van der Waals surface area contributed by atoms with Gasteiger partial charge >= 0.3 is 0 Å². The number of aromatic nitrogens is 2. The molecule has 0 bridgehead atoms. The molecule has 1 fully saturated rings. The second-order valence-corrected chi connectivity index (χ2v) is 18.7. The molecule has 5 N–H and O–H groups in total. The minimum atomic E-state index is -0.123. The summed E-state index contributed by atoms with van der Waals surface area (Å²) >= 11 is 1.79. The van der Waals surface area contributed by atoms with E-state index in [9.17, 15) is 29.1 Å². The van der Waals surface area contributed by atoms with Crippen molar-refractivity contribution in [1.82, 2.24) is 25.9 Å². The number of nitrogens with one attached hydrogen (secondary N) is 4. The molecule has 0 spiro atoms. The van der Waals surface area contributed by atoms with Gasteiger partial charge in [0.05, 0.1) is 29.0 Å². The van der Waals surface area contributed by atoms with Gasteiger partial charge in [-0.05, 0) is 122 Å². The maximum absolute atomic E-state index is 12.0. The molecule has 3 heterocycles. The number of benzene rings is 2. The summed E-state index contributed by atoms with van der Waals surface area (Å²) < 4.78 is 0. The first-order chi connectivity index (χ1) is 33.1. The average Bonchev–Trinajstić information content (AvgIpc) is 3.88. The fraction of sp³-hybridized carbons (Fsp3) is 0.537. The number of aromatic hydroxyl groups is 1. The van der Waals surface area contributed by atoms with Gasteiger partial charge in [-0.1, -0.05) is 72.8 Å². The third-order valence-electron chi connectivity index (χ3n) is 11.8. The van der Waals surface area contributed by atoms with Crippen LogP contribution in [-0.2, 0) is 25.6 Å². The number of carbonyl (C=O) groups excluding carboxylic acids is 5. The minimum Gasteiger partial charge on any atom is -0.508 e. The summed E-state index contributed by atoms with van der Waals surface area (Å²) in [6, 6.07) is 12.7. The van der Waals surface area contributed by atoms with Crippen molar-refractivity contribution in [2.75, 3.05) is 19.6 Å². The molecule has 5 rings (SSSR count). The molecule has 69 heavy (non-hydrogen) atoms. The number of phenols is 1. The Morgan fingerprint density at radius 2 is 1.59 bits per heavy atom. The number of thiophene rings is 1. The second-order valence-electron chi connectivity index (χ2n) is 17.2. The number of para-hydroxylation sites is 1. The molecule has 4 aromatic rings. The first-order valence-electron chi connectivity index (χ1n) is 24.8. The smallest absolute Gasteiger partial charge is 0.229 e. The van der Waals surface area contributed by atoms with E-state index in [4.69, 9.17) is 4.99 Å². The Hall–Kier alpha value is -5.83. The van der Waals surface area contributed by atoms with Gasteiger partial charge in [-0.2, -0.15) is 10.2 Å². The molecular weight excluding hydrogens is 889 g/mol. The number of hydrogen-bond acceptors (Lipinski definition) is 11. The van der Waals surface area contributed by atoms with Crippen LogP contribution in [0.2, 0.25) is 0 Å². The van der Waals surface area contributed by atoms with Gasteiger partial charge in [0.2, 0.25) is 24.1 Å². The number of Topliss-reactive ketones (excluding diaryl/α,β-unsaturated/α-hetero) is 1. The Morgan fingerprint density at radius 1 is 0.928 bits per heavy atom. The van der Waals surface area contributed by atoms with Crippen LogP contribution >= 0.6 is 11.3 Å². The third kappa shape index (κ3) is 21.1. The molecule has 4 amide bonds. The van der Waals surface area contributed by atoms with E-state index in [0.29, 0.717) is 49.4 Å². The number of unbranched alkanes of at least 4 members (excludes halogenated alkanes) is 5. The van der Waals surface area contributed by atoms with Crippen molar-refractivity contribution < 1.29 is 29.1 Å². The molecule has 2 aromatic carbocycles. The van der Waals surface area contributed by atoms with Crippen LogP contribution in [0.25, 0.3) is 11.0 Å². The van der Waals surface area contributed by atoms with Crippen LogP contribution in [0.5, 0.6) is 5.75 Å². The zero-order valence-corrected chi connectivity index (χ0v) is 44.1. The molecule has 14 nitrogen and oxygen atoms in total. The van der Waals surface area contributed by atoms with Gasteiger partial charge in [0.15, 0.2) is 5.78 Å². The van der Waals surface area contributed by atoms with Gasteiger partial charge in [0.25, 0.3) is 0 Å². The van der Waals surface area contributed by atoms with Gasteiger partial charge in [-0.3, -0.25) is 34.3 Å². The summed E-state index contributed by atoms with van der Waals surface area (Å²) in [5.41, 5.74) is 8.40. The predicted molar refractivity (Wildman–Crippen MR) is 284 cm³/mol. The van der Waals surface area contributed by atoms with Crippen molar-refractivity contribution >= 4 is 69.4 Å². The maximum atomic E-state index is 12.0. The number of aliphatic imine (C=N–C) groups is 1. The highest BCUT2D eigenvalue weighted by molar-refractivity contribution is 7.12. The lowest BCUT2D eigenvalue weighted by Gasteiger charge is -2.19. The third-order valence-corrected chi connectivity index (χ3v) is 12.9. The number of hydrogen-bond donors (Lipinski definition) is 5. The maximum Gasteiger partial charge on any atom is 0.229 e. The van der Waals surface area contributed by atoms with Crippen molar-refractivity contribution in [3.8, 4) is 5.75 Å². The Morgan fingerprint density at radius 3 is 2.19 bits per heavy atom. The minimum absolute atomic E-state index is 0.0148. The van der Waals surface area contributed by atoms with Gasteiger partial charge in [0.1, 0.15) is 11.6 Å². The molecule has 1 saturated heterocycles. The van der Waals surface area contributed by atoms with Crippen LogP contribution < -0.4 is 16.0 Å². The standard InChI is InChI=1S/C23H31N3OS.C21H30N4O3.C8H13NO2.C2H6/c1-8-14(2)17(5)26-25-15(3)13-24-23(20-9-11-21(27)12-10-20)22-16(4)18(6)28-19(22)7;1-16(27)17-9-8-10-18-21(17)25-19(24-18)11-12-20(28)23-14-7-5-3-2-4-6-13-22-15-26;1-2-3-6-4-5-7(10)9-8(6)11;1-2/h9-12,14,27H,8,13H2,1-7H3;8-10,15H,2-7,11-14H2,1H3,(H,22,26)(H,23,28)(H,24,25);6H,2-5H2,1H3,(H,9,10,11);1-2H3/b24-23?,25-15+,26-17-;;;. The van der Waals surface area contributed by atoms with E-state index in [1.165, 1.54) is 27.8 Å². The molecule has 1 aliphatic heterocycles. The van der Waals surface area contributed by atoms with Gasteiger partial charge in [-0.25, -0.2) is 4.98 Å². The van der Waals surface area contributed by atoms with Gasteiger partial charge in [0, 0.05) is 70.4 Å². The van der Waals surface area contributed by atoms with E-state index in [1.54, 1.807) is 29.5 Å². The number of nitrogens with zero attached hydrogens (tertiary/aromatic N) is 4. The summed E-state index contributed by atoms with van der Waals surface area (Å²) in [7, 11) is 0. The highest BCUT2D eigenvalue weighted by atomic mass is 32.1. The number of piperidine rings is 1. The normalized spacial score (nSPS) is 14.3. The average molecular weight is 969 g/mol. The van der Waals surface area contributed by atoms with Crippen LogP contribution in [0.4, 0.5) is 0 Å². The molecule has 0 aliphatic carbocycles. The van der Waals surface area contributed by atoms with E-state index in [2.05, 4.69) is 70.7 Å². The number of phenolic OH excluding ortho intramolecular Hbond substituents is 1. The molecule has 15 heteroatoms. The van der Waals surface area contributed by atoms with E-state index in [0.717, 1.165) is 111 Å². The largest absolute Gasteiger partial charge is 0.508 e. The number of H-pyrrole nitrogens is 1. The lowest BCUT2D eigenvalue weighted by molar-refractivity contribution is -0.136. The number of carbonyl (C=O) groups is 5. The SMILES string of the molecule is CC.CC(=O)c1cccc2[nH]c(CCC(=O)NCCCCCCCCNC=O)nc12.CCC(C)/C(C)=N\N=C(/C)CN=C(c1ccc(O)cc1)c1c(C)sc(C)c1C.CCCC1CCC(=O)NC1=O. The number of imidazole rings is 1. The fourth-order valence-corrected chi connectivity index (χ4v) is 8.44. The number of aryl methyl sites for hydroxylation is 3. The second kappa shape index (κ2) is 32.8. The molecule has 0 radical (unpaired) electrons. The van der Waals surface area contributed by atoms with Crippen molar-refractivity contribution in [1.29, 1.82) is 0 Å². The zero-order valence-electron chi connectivity index (χ0n) is 43.3. The fourth-order valence-electron chi connectivity index (χ4n) is 7.37. The van der Waals surface area contributed by atoms with Gasteiger partial charge < -0.3 is 20.7 Å². The Kier molecular flexibility index (Phi) is 28.2. The molecule has 2 atom stereocenters. The lowest BCUT2D eigenvalue weighted by Crippen LogP contribution is -2.40. The Bertz CT molecular complexity index is 2330. The number of imide groups is 1. The van der Waals surface area contributed by atoms with Crippen LogP contribution in [0.1, 0.15) is 175 Å². The Balaban J connectivity index is 0.000000378. The number of rotatable bonds is 23. The van der Waals surface area contributed by atoms with Crippen LogP contribution in [0.15, 0.2) is 57.7 Å².